The zero-order valence-corrected chi connectivity index (χ0v) is 20.5. The number of benzene rings is 2. The zero-order chi connectivity index (χ0) is 21.2. The van der Waals surface area contributed by atoms with Gasteiger partial charge >= 0.3 is 0 Å². The number of amides is 2. The molecule has 0 aromatic heterocycles. The Labute approximate surface area is 210 Å². The van der Waals surface area contributed by atoms with E-state index in [0.717, 1.165) is 59.6 Å². The second kappa shape index (κ2) is 11.1. The monoisotopic (exact) mass is 518 g/mol. The van der Waals surface area contributed by atoms with Crippen LogP contribution < -0.4 is 35.4 Å². The molecular weight excluding hydrogens is 494 g/mol. The van der Waals surface area contributed by atoms with Crippen LogP contribution in [0.2, 0.25) is 10.0 Å². The lowest BCUT2D eigenvalue weighted by Gasteiger charge is -2.54. The molecule has 2 amide bonds. The number of carbonyl (C=O) groups excluding carboxylic acids is 2. The van der Waals surface area contributed by atoms with Gasteiger partial charge in [-0.3, -0.25) is 9.59 Å². The number of hydrogen-bond acceptors (Lipinski definition) is 2. The molecule has 0 spiro atoms. The van der Waals surface area contributed by atoms with E-state index in [9.17, 15) is 9.59 Å². The number of nitrogens with zero attached hydrogens (tertiary/aromatic N) is 2. The van der Waals surface area contributed by atoms with Crippen molar-refractivity contribution >= 4 is 46.4 Å². The van der Waals surface area contributed by atoms with Gasteiger partial charge in [-0.2, -0.15) is 0 Å². The minimum atomic E-state index is 0. The summed E-state index contributed by atoms with van der Waals surface area (Å²) < 4.78 is 1.61. The first-order valence-electron chi connectivity index (χ1n) is 10.2. The van der Waals surface area contributed by atoms with Crippen molar-refractivity contribution in [2.24, 2.45) is 0 Å². The lowest BCUT2D eigenvalue weighted by Crippen LogP contribution is -3.00. The Morgan fingerprint density at radius 2 is 0.906 bits per heavy atom. The normalized spacial score (nSPS) is 23.4. The molecule has 2 aromatic rings. The van der Waals surface area contributed by atoms with E-state index in [2.05, 4.69) is 10.6 Å². The highest BCUT2D eigenvalue weighted by atomic mass is 35.5. The second-order valence-corrected chi connectivity index (χ2v) is 9.32. The first-order chi connectivity index (χ1) is 14.4. The second-order valence-electron chi connectivity index (χ2n) is 8.45. The molecule has 3 saturated heterocycles. The fraction of sp³-hybridized carbons (Fsp3) is 0.364. The molecule has 10 heteroatoms. The van der Waals surface area contributed by atoms with Gasteiger partial charge in [0.25, 0.3) is 11.8 Å². The molecule has 0 atom stereocenters. The van der Waals surface area contributed by atoms with Crippen molar-refractivity contribution in [2.75, 3.05) is 63.0 Å². The summed E-state index contributed by atoms with van der Waals surface area (Å²) in [5, 5.41) is 7.25. The average molecular weight is 520 g/mol. The molecule has 3 heterocycles. The van der Waals surface area contributed by atoms with Crippen LogP contribution in [0.5, 0.6) is 0 Å². The van der Waals surface area contributed by atoms with Gasteiger partial charge in [0.1, 0.15) is 39.3 Å². The summed E-state index contributed by atoms with van der Waals surface area (Å²) in [4.78, 5) is 25.2. The number of hydrogen-bond donors (Lipinski definition) is 2. The van der Waals surface area contributed by atoms with Crippen molar-refractivity contribution in [3.63, 3.8) is 0 Å². The van der Waals surface area contributed by atoms with Crippen molar-refractivity contribution in [3.05, 3.63) is 58.6 Å². The number of rotatable bonds is 6. The number of fused-ring (bicyclic) bond motifs is 3. The van der Waals surface area contributed by atoms with E-state index in [1.165, 1.54) is 0 Å². The Morgan fingerprint density at radius 1 is 0.625 bits per heavy atom. The summed E-state index contributed by atoms with van der Waals surface area (Å²) in [6, 6.07) is 14.3. The SMILES string of the molecule is O=C(C[N+]12CC[N+](CC(=O)Nc3ccc(Cl)cc3)(CC1)CC2)Nc1ccc(Cl)cc1.[Cl-].[Cl-]. The summed E-state index contributed by atoms with van der Waals surface area (Å²) in [6.07, 6.45) is 0. The Morgan fingerprint density at radius 3 is 1.19 bits per heavy atom. The van der Waals surface area contributed by atoms with E-state index < -0.39 is 0 Å². The Bertz CT molecular complexity index is 836. The Balaban J connectivity index is 0.00000181. The molecule has 3 aliphatic rings. The summed E-state index contributed by atoms with van der Waals surface area (Å²) in [5.41, 5.74) is 1.53. The van der Waals surface area contributed by atoms with Gasteiger partial charge in [-0.05, 0) is 48.5 Å². The largest absolute Gasteiger partial charge is 1.00 e. The summed E-state index contributed by atoms with van der Waals surface area (Å²) in [7, 11) is 0. The molecule has 3 fully saturated rings. The van der Waals surface area contributed by atoms with Gasteiger partial charge in [0.15, 0.2) is 13.1 Å². The lowest BCUT2D eigenvalue weighted by molar-refractivity contribution is -1.07. The highest BCUT2D eigenvalue weighted by molar-refractivity contribution is 6.30. The predicted octanol–water partition coefficient (Wildman–Crippen LogP) is -2.76. The minimum Gasteiger partial charge on any atom is -1.00 e. The van der Waals surface area contributed by atoms with Crippen LogP contribution in [0.1, 0.15) is 0 Å². The molecule has 0 saturated carbocycles. The highest BCUT2D eigenvalue weighted by Crippen LogP contribution is 2.27. The molecule has 2 aromatic carbocycles. The van der Waals surface area contributed by atoms with E-state index in [-0.39, 0.29) is 36.6 Å². The highest BCUT2D eigenvalue weighted by Gasteiger charge is 2.50. The average Bonchev–Trinajstić information content (AvgIpc) is 2.73. The Kier molecular flexibility index (Phi) is 9.23. The van der Waals surface area contributed by atoms with E-state index >= 15 is 0 Å². The van der Waals surface area contributed by atoms with E-state index in [0.29, 0.717) is 23.1 Å². The number of quaternary nitrogens is 2. The molecule has 174 valence electrons. The third kappa shape index (κ3) is 6.50. The van der Waals surface area contributed by atoms with E-state index in [1.807, 2.05) is 24.3 Å². The van der Waals surface area contributed by atoms with Gasteiger partial charge in [-0.25, -0.2) is 0 Å². The van der Waals surface area contributed by atoms with Crippen LogP contribution in [0.4, 0.5) is 11.4 Å². The molecule has 0 unspecified atom stereocenters. The topological polar surface area (TPSA) is 58.2 Å². The maximum Gasteiger partial charge on any atom is 0.279 e. The van der Waals surface area contributed by atoms with Crippen LogP contribution >= 0.6 is 23.2 Å². The van der Waals surface area contributed by atoms with Crippen LogP contribution in [-0.4, -0.2) is 73.1 Å². The fourth-order valence-electron chi connectivity index (χ4n) is 4.49. The van der Waals surface area contributed by atoms with Gasteiger partial charge in [-0.1, -0.05) is 23.2 Å². The quantitative estimate of drug-likeness (QED) is 0.406. The summed E-state index contributed by atoms with van der Waals surface area (Å²) in [5.74, 6) is 0.0550. The van der Waals surface area contributed by atoms with Crippen molar-refractivity contribution in [3.8, 4) is 0 Å². The molecule has 2 N–H and O–H groups in total. The molecule has 5 rings (SSSR count). The standard InChI is InChI=1S/C22H24Cl2N4O2.2ClH/c23-17-1-5-19(6-2-17)25-21(29)15-27-9-12-28(13-10-27,14-11-27)16-22(30)26-20-7-3-18(24)4-8-20;;/h1-8H,9-16H2;2*1H. The first-order valence-corrected chi connectivity index (χ1v) is 10.9. The van der Waals surface area contributed by atoms with Crippen LogP contribution in [-0.2, 0) is 9.59 Å². The number of carbonyl (C=O) groups is 2. The van der Waals surface area contributed by atoms with Crippen LogP contribution in [0.15, 0.2) is 48.5 Å². The van der Waals surface area contributed by atoms with Crippen LogP contribution in [0.25, 0.3) is 0 Å². The summed E-state index contributed by atoms with van der Waals surface area (Å²) in [6.45, 7) is 6.46. The van der Waals surface area contributed by atoms with E-state index in [4.69, 9.17) is 23.2 Å². The minimum absolute atomic E-state index is 0. The molecule has 32 heavy (non-hydrogen) atoms. The molecule has 6 nitrogen and oxygen atoms in total. The van der Waals surface area contributed by atoms with Crippen molar-refractivity contribution in [2.45, 2.75) is 0 Å². The summed E-state index contributed by atoms with van der Waals surface area (Å²) >= 11 is 11.8. The van der Waals surface area contributed by atoms with Gasteiger partial charge in [0.2, 0.25) is 0 Å². The number of halogens is 4. The fourth-order valence-corrected chi connectivity index (χ4v) is 4.75. The maximum atomic E-state index is 12.6. The van der Waals surface area contributed by atoms with Crippen molar-refractivity contribution < 1.29 is 43.4 Å². The van der Waals surface area contributed by atoms with Gasteiger partial charge in [-0.15, -0.1) is 0 Å². The first kappa shape index (κ1) is 26.7. The molecule has 2 bridgehead atoms. The van der Waals surface area contributed by atoms with Crippen molar-refractivity contribution in [1.82, 2.24) is 0 Å². The predicted molar refractivity (Wildman–Crippen MR) is 120 cm³/mol. The van der Waals surface area contributed by atoms with Crippen molar-refractivity contribution in [1.29, 1.82) is 0 Å². The van der Waals surface area contributed by atoms with Gasteiger partial charge in [0, 0.05) is 21.4 Å². The smallest absolute Gasteiger partial charge is 0.279 e. The maximum absolute atomic E-state index is 12.6. The zero-order valence-electron chi connectivity index (χ0n) is 17.5. The van der Waals surface area contributed by atoms with Crippen LogP contribution in [0.3, 0.4) is 0 Å². The molecule has 0 aliphatic carbocycles. The lowest BCUT2D eigenvalue weighted by atomic mass is 10.1. The van der Waals surface area contributed by atoms with Gasteiger partial charge < -0.3 is 44.4 Å². The number of piperazine rings is 3. The van der Waals surface area contributed by atoms with Gasteiger partial charge in [0.05, 0.1) is 0 Å². The Hall–Kier alpha value is -1.54. The third-order valence-corrected chi connectivity index (χ3v) is 6.86. The molecule has 3 aliphatic heterocycles. The number of nitrogens with one attached hydrogen (secondary N) is 2. The third-order valence-electron chi connectivity index (χ3n) is 6.36. The molecular formula is C22H26Cl4N4O2. The van der Waals surface area contributed by atoms with E-state index in [1.54, 1.807) is 24.3 Å². The van der Waals surface area contributed by atoms with Crippen LogP contribution in [0, 0.1) is 0 Å². The molecule has 0 radical (unpaired) electrons. The number of anilines is 2.